The molecule has 0 saturated carbocycles. The van der Waals surface area contributed by atoms with Gasteiger partial charge in [0.1, 0.15) is 0 Å². The molecule has 26 heavy (non-hydrogen) atoms. The van der Waals surface area contributed by atoms with E-state index in [1.54, 1.807) is 18.2 Å². The molecule has 0 aromatic heterocycles. The van der Waals surface area contributed by atoms with Crippen molar-refractivity contribution in [3.05, 3.63) is 71.8 Å². The lowest BCUT2D eigenvalue weighted by molar-refractivity contribution is 0.0698. The first kappa shape index (κ1) is 17.6. The van der Waals surface area contributed by atoms with Gasteiger partial charge >= 0.3 is 5.97 Å². The van der Waals surface area contributed by atoms with Crippen molar-refractivity contribution in [1.82, 2.24) is 0 Å². The van der Waals surface area contributed by atoms with E-state index in [1.807, 2.05) is 12.1 Å². The zero-order valence-electron chi connectivity index (χ0n) is 13.8. The molecule has 7 heteroatoms. The van der Waals surface area contributed by atoms with Gasteiger partial charge < -0.3 is 10.4 Å². The Morgan fingerprint density at radius 3 is 2.04 bits per heavy atom. The summed E-state index contributed by atoms with van der Waals surface area (Å²) in [4.78, 5) is 24.1. The molecule has 0 aliphatic rings. The second kappa shape index (κ2) is 6.61. The van der Waals surface area contributed by atoms with Crippen LogP contribution in [0.5, 0.6) is 0 Å². The van der Waals surface area contributed by atoms with Crippen molar-refractivity contribution in [3.8, 4) is 0 Å². The molecule has 0 fully saturated rings. The number of carboxylic acids is 1. The van der Waals surface area contributed by atoms with Gasteiger partial charge in [0.15, 0.2) is 9.84 Å². The zero-order valence-corrected chi connectivity index (χ0v) is 14.6. The smallest absolute Gasteiger partial charge is 0.337 e. The Kier molecular flexibility index (Phi) is 4.48. The van der Waals surface area contributed by atoms with Gasteiger partial charge in [0.05, 0.1) is 16.1 Å². The number of carboxylic acid groups (broad SMARTS) is 1. The molecule has 0 aliphatic heterocycles. The van der Waals surface area contributed by atoms with Crippen molar-refractivity contribution >= 4 is 38.2 Å². The second-order valence-electron chi connectivity index (χ2n) is 5.80. The van der Waals surface area contributed by atoms with Crippen LogP contribution in [-0.4, -0.2) is 31.7 Å². The second-order valence-corrected chi connectivity index (χ2v) is 7.82. The van der Waals surface area contributed by atoms with Crippen LogP contribution < -0.4 is 5.32 Å². The van der Waals surface area contributed by atoms with E-state index in [0.717, 1.165) is 17.0 Å². The van der Waals surface area contributed by atoms with Crippen LogP contribution in [0.15, 0.2) is 65.6 Å². The summed E-state index contributed by atoms with van der Waals surface area (Å²) in [5.41, 5.74) is 0.375. The molecule has 0 heterocycles. The van der Waals surface area contributed by atoms with Crippen molar-refractivity contribution in [1.29, 1.82) is 0 Å². The van der Waals surface area contributed by atoms with E-state index in [-0.39, 0.29) is 21.7 Å². The molecule has 0 aliphatic carbocycles. The molecule has 3 aromatic rings. The number of benzene rings is 3. The number of carbonyl (C=O) groups excluding carboxylic acids is 1. The first-order chi connectivity index (χ1) is 12.3. The lowest BCUT2D eigenvalue weighted by Gasteiger charge is -2.11. The van der Waals surface area contributed by atoms with Crippen molar-refractivity contribution < 1.29 is 23.1 Å². The third kappa shape index (κ3) is 3.57. The minimum atomic E-state index is -3.36. The third-order valence-electron chi connectivity index (χ3n) is 3.91. The van der Waals surface area contributed by atoms with Crippen LogP contribution >= 0.6 is 0 Å². The fourth-order valence-corrected chi connectivity index (χ4v) is 3.20. The molecule has 6 nitrogen and oxygen atoms in total. The summed E-state index contributed by atoms with van der Waals surface area (Å²) in [6.07, 6.45) is 1.08. The van der Waals surface area contributed by atoms with Crippen LogP contribution in [0.1, 0.15) is 20.7 Å². The van der Waals surface area contributed by atoms with E-state index in [9.17, 15) is 23.1 Å². The van der Waals surface area contributed by atoms with Gasteiger partial charge in [-0.25, -0.2) is 13.2 Å². The van der Waals surface area contributed by atoms with Gasteiger partial charge in [-0.3, -0.25) is 4.79 Å². The highest BCUT2D eigenvalue weighted by atomic mass is 32.2. The van der Waals surface area contributed by atoms with Gasteiger partial charge in [-0.2, -0.15) is 0 Å². The SMILES string of the molecule is CS(=O)(=O)c1ccc(C(=O)Nc2cc3ccccc3cc2C(=O)O)cc1. The van der Waals surface area contributed by atoms with Crippen LogP contribution in [0.2, 0.25) is 0 Å². The van der Waals surface area contributed by atoms with E-state index in [2.05, 4.69) is 5.32 Å². The van der Waals surface area contributed by atoms with E-state index in [0.29, 0.717) is 0 Å². The lowest BCUT2D eigenvalue weighted by Crippen LogP contribution is -2.15. The van der Waals surface area contributed by atoms with Crippen molar-refractivity contribution in [2.45, 2.75) is 4.90 Å². The van der Waals surface area contributed by atoms with Crippen molar-refractivity contribution in [3.63, 3.8) is 0 Å². The summed E-state index contributed by atoms with van der Waals surface area (Å²) in [7, 11) is -3.36. The lowest BCUT2D eigenvalue weighted by atomic mass is 10.0. The van der Waals surface area contributed by atoms with Gasteiger partial charge in [-0.05, 0) is 47.2 Å². The monoisotopic (exact) mass is 369 g/mol. The number of nitrogens with one attached hydrogen (secondary N) is 1. The molecule has 132 valence electrons. The standard InChI is InChI=1S/C19H15NO5S/c1-26(24,25)15-8-6-12(7-9-15)18(21)20-17-11-14-5-3-2-4-13(14)10-16(17)19(22)23/h2-11H,1H3,(H,20,21)(H,22,23). The summed E-state index contributed by atoms with van der Waals surface area (Å²) in [6.45, 7) is 0. The summed E-state index contributed by atoms with van der Waals surface area (Å²) in [6, 6.07) is 15.8. The number of aromatic carboxylic acids is 1. The minimum Gasteiger partial charge on any atom is -0.478 e. The fourth-order valence-electron chi connectivity index (χ4n) is 2.57. The van der Waals surface area contributed by atoms with Gasteiger partial charge in [0.25, 0.3) is 5.91 Å². The van der Waals surface area contributed by atoms with Crippen molar-refractivity contribution in [2.24, 2.45) is 0 Å². The molecule has 0 bridgehead atoms. The first-order valence-electron chi connectivity index (χ1n) is 7.63. The highest BCUT2D eigenvalue weighted by Gasteiger charge is 2.16. The molecule has 1 amide bonds. The molecule has 3 aromatic carbocycles. The van der Waals surface area contributed by atoms with Crippen LogP contribution in [-0.2, 0) is 9.84 Å². The molecule has 0 unspecified atom stereocenters. The minimum absolute atomic E-state index is 0.0233. The Balaban J connectivity index is 1.96. The predicted octanol–water partition coefficient (Wildman–Crippen LogP) is 3.19. The van der Waals surface area contributed by atoms with E-state index >= 15 is 0 Å². The number of sulfone groups is 1. The average Bonchev–Trinajstić information content (AvgIpc) is 2.60. The van der Waals surface area contributed by atoms with E-state index in [4.69, 9.17) is 0 Å². The zero-order chi connectivity index (χ0) is 18.9. The van der Waals surface area contributed by atoms with Gasteiger partial charge in [0.2, 0.25) is 0 Å². The summed E-state index contributed by atoms with van der Waals surface area (Å²) >= 11 is 0. The number of carbonyl (C=O) groups is 2. The number of amides is 1. The Morgan fingerprint density at radius 1 is 0.923 bits per heavy atom. The molecule has 0 atom stereocenters. The molecular weight excluding hydrogens is 354 g/mol. The number of rotatable bonds is 4. The Hall–Kier alpha value is -3.19. The normalized spacial score (nSPS) is 11.3. The Bertz CT molecular complexity index is 1120. The quantitative estimate of drug-likeness (QED) is 0.735. The topological polar surface area (TPSA) is 101 Å². The largest absolute Gasteiger partial charge is 0.478 e. The summed E-state index contributed by atoms with van der Waals surface area (Å²) < 4.78 is 23.0. The Morgan fingerprint density at radius 2 is 1.50 bits per heavy atom. The van der Waals surface area contributed by atoms with Crippen molar-refractivity contribution in [2.75, 3.05) is 11.6 Å². The molecule has 0 spiro atoms. The van der Waals surface area contributed by atoms with Crippen LogP contribution in [0.25, 0.3) is 10.8 Å². The van der Waals surface area contributed by atoms with E-state index in [1.165, 1.54) is 30.3 Å². The summed E-state index contributed by atoms with van der Waals surface area (Å²) in [5.74, 6) is -1.68. The molecule has 3 rings (SSSR count). The number of fused-ring (bicyclic) bond motifs is 1. The molecule has 0 radical (unpaired) electrons. The maximum absolute atomic E-state index is 12.4. The Labute approximate surface area is 150 Å². The maximum Gasteiger partial charge on any atom is 0.337 e. The number of anilines is 1. The van der Waals surface area contributed by atoms with Crippen LogP contribution in [0.3, 0.4) is 0 Å². The predicted molar refractivity (Wildman–Crippen MR) is 98.4 cm³/mol. The highest BCUT2D eigenvalue weighted by molar-refractivity contribution is 7.90. The molecular formula is C19H15NO5S. The van der Waals surface area contributed by atoms with Gasteiger partial charge in [0, 0.05) is 11.8 Å². The number of hydrogen-bond acceptors (Lipinski definition) is 4. The fraction of sp³-hybridized carbons (Fsp3) is 0.0526. The molecule has 2 N–H and O–H groups in total. The van der Waals surface area contributed by atoms with Gasteiger partial charge in [-0.15, -0.1) is 0 Å². The van der Waals surface area contributed by atoms with Crippen LogP contribution in [0.4, 0.5) is 5.69 Å². The first-order valence-corrected chi connectivity index (χ1v) is 9.52. The number of hydrogen-bond donors (Lipinski definition) is 2. The summed E-state index contributed by atoms with van der Waals surface area (Å²) in [5, 5.41) is 13.5. The van der Waals surface area contributed by atoms with E-state index < -0.39 is 21.7 Å². The highest BCUT2D eigenvalue weighted by Crippen LogP contribution is 2.25. The van der Waals surface area contributed by atoms with Crippen LogP contribution in [0, 0.1) is 0 Å². The van der Waals surface area contributed by atoms with Gasteiger partial charge in [-0.1, -0.05) is 24.3 Å². The maximum atomic E-state index is 12.4. The third-order valence-corrected chi connectivity index (χ3v) is 5.04. The molecule has 0 saturated heterocycles. The average molecular weight is 369 g/mol.